The molecule has 3 rings (SSSR count). The van der Waals surface area contributed by atoms with E-state index in [1.807, 2.05) is 42.5 Å². The van der Waals surface area contributed by atoms with Gasteiger partial charge in [0.15, 0.2) is 0 Å². The lowest BCUT2D eigenvalue weighted by Gasteiger charge is -2.18. The van der Waals surface area contributed by atoms with E-state index in [-0.39, 0.29) is 11.7 Å². The molecule has 0 saturated carbocycles. The van der Waals surface area contributed by atoms with Crippen LogP contribution in [0.2, 0.25) is 0 Å². The average molecular weight is 277 g/mol. The van der Waals surface area contributed by atoms with Gasteiger partial charge in [-0.05, 0) is 29.7 Å². The highest BCUT2D eigenvalue weighted by atomic mass is 16.3. The molecule has 3 aromatic rings. The second-order valence-corrected chi connectivity index (χ2v) is 4.88. The third kappa shape index (κ3) is 2.34. The summed E-state index contributed by atoms with van der Waals surface area (Å²) in [6.07, 6.45) is 0. The Bertz CT molecular complexity index is 797. The number of anilines is 1. The first kappa shape index (κ1) is 13.2. The van der Waals surface area contributed by atoms with Crippen LogP contribution < -0.4 is 4.90 Å². The minimum absolute atomic E-state index is 0.0996. The van der Waals surface area contributed by atoms with Crippen LogP contribution in [0.5, 0.6) is 5.75 Å². The maximum atomic E-state index is 12.7. The van der Waals surface area contributed by atoms with Crippen LogP contribution >= 0.6 is 0 Å². The summed E-state index contributed by atoms with van der Waals surface area (Å²) in [6.45, 7) is 0. The summed E-state index contributed by atoms with van der Waals surface area (Å²) in [5.41, 5.74) is 1.41. The molecule has 1 N–H and O–H groups in total. The Hall–Kier alpha value is -2.81. The van der Waals surface area contributed by atoms with Crippen LogP contribution in [0.3, 0.4) is 0 Å². The van der Waals surface area contributed by atoms with Gasteiger partial charge in [0, 0.05) is 23.7 Å². The summed E-state index contributed by atoms with van der Waals surface area (Å²) in [5.74, 6) is 0.0851. The third-order valence-corrected chi connectivity index (χ3v) is 3.58. The minimum Gasteiger partial charge on any atom is -0.507 e. The predicted octanol–water partition coefficient (Wildman–Crippen LogP) is 3.82. The van der Waals surface area contributed by atoms with E-state index >= 15 is 0 Å². The van der Waals surface area contributed by atoms with Gasteiger partial charge in [-0.2, -0.15) is 0 Å². The topological polar surface area (TPSA) is 40.5 Å². The van der Waals surface area contributed by atoms with Crippen molar-refractivity contribution in [3.63, 3.8) is 0 Å². The van der Waals surface area contributed by atoms with Crippen LogP contribution in [0.1, 0.15) is 10.4 Å². The number of rotatable bonds is 2. The molecule has 0 atom stereocenters. The Morgan fingerprint density at radius 1 is 0.857 bits per heavy atom. The minimum atomic E-state index is -0.0996. The van der Waals surface area contributed by atoms with Crippen LogP contribution in [-0.2, 0) is 0 Å². The molecule has 104 valence electrons. The molecule has 0 aliphatic carbocycles. The summed E-state index contributed by atoms with van der Waals surface area (Å²) in [6, 6.07) is 20.1. The zero-order valence-electron chi connectivity index (χ0n) is 11.7. The Morgan fingerprint density at radius 2 is 1.52 bits per heavy atom. The standard InChI is InChI=1S/C18H15NO2/c1-19(13-7-3-2-4-8-13)18(21)16-11-5-10-15-14(16)9-6-12-17(15)20/h2-12,20H,1H3. The number of phenolic OH excluding ortho intramolecular Hbond substituents is 1. The van der Waals surface area contributed by atoms with E-state index in [2.05, 4.69) is 0 Å². The molecule has 0 unspecified atom stereocenters. The van der Waals surface area contributed by atoms with Gasteiger partial charge in [-0.15, -0.1) is 0 Å². The van der Waals surface area contributed by atoms with Gasteiger partial charge in [-0.25, -0.2) is 0 Å². The molecule has 3 nitrogen and oxygen atoms in total. The number of benzene rings is 3. The van der Waals surface area contributed by atoms with E-state index < -0.39 is 0 Å². The zero-order chi connectivity index (χ0) is 14.8. The summed E-state index contributed by atoms with van der Waals surface area (Å²) in [5, 5.41) is 11.3. The number of para-hydroxylation sites is 1. The van der Waals surface area contributed by atoms with Crippen LogP contribution in [0.25, 0.3) is 10.8 Å². The fourth-order valence-corrected chi connectivity index (χ4v) is 2.43. The fourth-order valence-electron chi connectivity index (χ4n) is 2.43. The van der Waals surface area contributed by atoms with E-state index in [9.17, 15) is 9.90 Å². The SMILES string of the molecule is CN(C(=O)c1cccc2c(O)cccc12)c1ccccc1. The van der Waals surface area contributed by atoms with E-state index in [1.54, 1.807) is 36.2 Å². The number of hydrogen-bond acceptors (Lipinski definition) is 2. The lowest BCUT2D eigenvalue weighted by molar-refractivity contribution is 0.0994. The second-order valence-electron chi connectivity index (χ2n) is 4.88. The molecule has 1 amide bonds. The molecular formula is C18H15NO2. The molecule has 0 bridgehead atoms. The van der Waals surface area contributed by atoms with E-state index in [4.69, 9.17) is 0 Å². The van der Waals surface area contributed by atoms with Gasteiger partial charge in [0.1, 0.15) is 5.75 Å². The fraction of sp³-hybridized carbons (Fsp3) is 0.0556. The van der Waals surface area contributed by atoms with Crippen molar-refractivity contribution in [2.24, 2.45) is 0 Å². The van der Waals surface area contributed by atoms with E-state index in [0.29, 0.717) is 10.9 Å². The molecule has 0 fully saturated rings. The van der Waals surface area contributed by atoms with E-state index in [1.165, 1.54) is 0 Å². The normalized spacial score (nSPS) is 10.5. The number of amides is 1. The maximum absolute atomic E-state index is 12.7. The first-order chi connectivity index (χ1) is 10.2. The molecule has 0 radical (unpaired) electrons. The van der Waals surface area contributed by atoms with Crippen molar-refractivity contribution in [1.82, 2.24) is 0 Å². The molecule has 21 heavy (non-hydrogen) atoms. The highest BCUT2D eigenvalue weighted by Crippen LogP contribution is 2.28. The van der Waals surface area contributed by atoms with Gasteiger partial charge >= 0.3 is 0 Å². The maximum Gasteiger partial charge on any atom is 0.258 e. The highest BCUT2D eigenvalue weighted by molar-refractivity contribution is 6.14. The summed E-state index contributed by atoms with van der Waals surface area (Å²) in [7, 11) is 1.75. The highest BCUT2D eigenvalue weighted by Gasteiger charge is 2.16. The molecule has 0 heterocycles. The zero-order valence-corrected chi connectivity index (χ0v) is 11.7. The number of nitrogens with zero attached hydrogens (tertiary/aromatic N) is 1. The summed E-state index contributed by atoms with van der Waals surface area (Å²) >= 11 is 0. The number of aromatic hydroxyl groups is 1. The molecule has 0 aliphatic rings. The third-order valence-electron chi connectivity index (χ3n) is 3.58. The van der Waals surface area contributed by atoms with Crippen LogP contribution in [0, 0.1) is 0 Å². The second kappa shape index (κ2) is 5.29. The van der Waals surface area contributed by atoms with Crippen molar-refractivity contribution in [3.8, 4) is 5.75 Å². The molecule has 0 aliphatic heterocycles. The Labute approximate surface area is 123 Å². The van der Waals surface area contributed by atoms with Gasteiger partial charge < -0.3 is 10.0 Å². The molecule has 3 heteroatoms. The van der Waals surface area contributed by atoms with Gasteiger partial charge in [0.25, 0.3) is 5.91 Å². The number of hydrogen-bond donors (Lipinski definition) is 1. The largest absolute Gasteiger partial charge is 0.507 e. The summed E-state index contributed by atoms with van der Waals surface area (Å²) < 4.78 is 0. The van der Waals surface area contributed by atoms with Crippen molar-refractivity contribution in [2.75, 3.05) is 11.9 Å². The van der Waals surface area contributed by atoms with Crippen LogP contribution in [-0.4, -0.2) is 18.1 Å². The molecule has 0 aromatic heterocycles. The molecule has 0 spiro atoms. The molecule has 3 aromatic carbocycles. The number of phenols is 1. The smallest absolute Gasteiger partial charge is 0.258 e. The van der Waals surface area contributed by atoms with Crippen LogP contribution in [0.15, 0.2) is 66.7 Å². The Morgan fingerprint density at radius 3 is 2.29 bits per heavy atom. The Kier molecular flexibility index (Phi) is 3.32. The molecular weight excluding hydrogens is 262 g/mol. The quantitative estimate of drug-likeness (QED) is 0.773. The number of carbonyl (C=O) groups excluding carboxylic acids is 1. The lowest BCUT2D eigenvalue weighted by atomic mass is 10.0. The lowest BCUT2D eigenvalue weighted by Crippen LogP contribution is -2.26. The van der Waals surface area contributed by atoms with Crippen molar-refractivity contribution in [2.45, 2.75) is 0 Å². The average Bonchev–Trinajstić information content (AvgIpc) is 2.54. The van der Waals surface area contributed by atoms with Crippen molar-refractivity contribution >= 4 is 22.4 Å². The van der Waals surface area contributed by atoms with Gasteiger partial charge in [0.05, 0.1) is 0 Å². The molecule has 0 saturated heterocycles. The number of carbonyl (C=O) groups is 1. The first-order valence-corrected chi connectivity index (χ1v) is 6.72. The Balaban J connectivity index is 2.08. The first-order valence-electron chi connectivity index (χ1n) is 6.72. The number of fused-ring (bicyclic) bond motifs is 1. The van der Waals surface area contributed by atoms with Crippen molar-refractivity contribution in [1.29, 1.82) is 0 Å². The summed E-state index contributed by atoms with van der Waals surface area (Å²) in [4.78, 5) is 14.3. The van der Waals surface area contributed by atoms with Crippen molar-refractivity contribution < 1.29 is 9.90 Å². The van der Waals surface area contributed by atoms with Crippen molar-refractivity contribution in [3.05, 3.63) is 72.3 Å². The van der Waals surface area contributed by atoms with Gasteiger partial charge in [-0.3, -0.25) is 4.79 Å². The van der Waals surface area contributed by atoms with Crippen LogP contribution in [0.4, 0.5) is 5.69 Å². The monoisotopic (exact) mass is 277 g/mol. The van der Waals surface area contributed by atoms with Gasteiger partial charge in [-0.1, -0.05) is 42.5 Å². The predicted molar refractivity (Wildman–Crippen MR) is 84.8 cm³/mol. The van der Waals surface area contributed by atoms with Gasteiger partial charge in [0.2, 0.25) is 0 Å². The van der Waals surface area contributed by atoms with E-state index in [0.717, 1.165) is 11.1 Å².